The average Bonchev–Trinajstić information content (AvgIpc) is 2.87. The molecule has 7 nitrogen and oxygen atoms in total. The van der Waals surface area contributed by atoms with E-state index in [1.54, 1.807) is 18.2 Å². The van der Waals surface area contributed by atoms with E-state index in [2.05, 4.69) is 4.98 Å². The number of rotatable bonds is 5. The van der Waals surface area contributed by atoms with Crippen LogP contribution in [0.5, 0.6) is 0 Å². The summed E-state index contributed by atoms with van der Waals surface area (Å²) in [5.74, 6) is -2.51. The number of nitrogen functional groups attached to an aromatic ring is 1. The fraction of sp³-hybridized carbons (Fsp3) is 0.0769. The Balaban J connectivity index is 1.72. The zero-order chi connectivity index (χ0) is 27.8. The highest BCUT2D eigenvalue weighted by Gasteiger charge is 2.35. The Morgan fingerprint density at radius 2 is 1.71 bits per heavy atom. The number of halogens is 4. The van der Waals surface area contributed by atoms with Gasteiger partial charge in [-0.15, -0.1) is 0 Å². The summed E-state index contributed by atoms with van der Waals surface area (Å²) in [6.45, 7) is 1.31. The molecule has 1 amide bonds. The fourth-order valence-corrected chi connectivity index (χ4v) is 4.67. The third-order valence-electron chi connectivity index (χ3n) is 5.84. The predicted molar refractivity (Wildman–Crippen MR) is 137 cm³/mol. The maximum Gasteiger partial charge on any atom is 0.418 e. The standard InChI is InChI=1S/C26H20F4N4O3S/c1-14(16-7-6-15-10-11-33-24(31)19(15)12-16)23(27)25(35)34-21-9-8-17(13-20(21)26(28,29)30)18-4-2-3-5-22(18)38(32,36)37/h2-13H,1H3,(H2,31,33)(H,34,35)(H2,32,36,37)/b23-14+. The predicted octanol–water partition coefficient (Wildman–Crippen LogP) is 5.49. The molecule has 0 aliphatic heterocycles. The van der Waals surface area contributed by atoms with Gasteiger partial charge in [0.1, 0.15) is 5.82 Å². The number of aromatic nitrogens is 1. The molecular weight excluding hydrogens is 524 g/mol. The van der Waals surface area contributed by atoms with Gasteiger partial charge in [0.2, 0.25) is 10.0 Å². The summed E-state index contributed by atoms with van der Waals surface area (Å²) in [5, 5.41) is 8.42. The highest BCUT2D eigenvalue weighted by atomic mass is 32.2. The van der Waals surface area contributed by atoms with Gasteiger partial charge >= 0.3 is 6.18 Å². The summed E-state index contributed by atoms with van der Waals surface area (Å²) in [6, 6.07) is 14.4. The van der Waals surface area contributed by atoms with Gasteiger partial charge in [-0.1, -0.05) is 36.4 Å². The fourth-order valence-electron chi connectivity index (χ4n) is 3.91. The molecule has 0 unspecified atom stereocenters. The number of primary sulfonamides is 1. The van der Waals surface area contributed by atoms with Crippen LogP contribution in [-0.2, 0) is 21.0 Å². The van der Waals surface area contributed by atoms with Gasteiger partial charge in [-0.2, -0.15) is 13.2 Å². The number of pyridine rings is 1. The molecule has 0 saturated heterocycles. The zero-order valence-electron chi connectivity index (χ0n) is 19.7. The molecule has 0 bridgehead atoms. The molecule has 0 aliphatic rings. The number of carbonyl (C=O) groups excluding carboxylic acids is 1. The van der Waals surface area contributed by atoms with Crippen LogP contribution in [0.2, 0.25) is 0 Å². The number of nitrogens with zero attached hydrogens (tertiary/aromatic N) is 1. The average molecular weight is 545 g/mol. The number of sulfonamides is 1. The van der Waals surface area contributed by atoms with E-state index in [9.17, 15) is 26.4 Å². The van der Waals surface area contributed by atoms with E-state index < -0.39 is 39.2 Å². The maximum absolute atomic E-state index is 15.1. The van der Waals surface area contributed by atoms with Gasteiger partial charge in [-0.3, -0.25) is 4.79 Å². The smallest absolute Gasteiger partial charge is 0.383 e. The molecule has 3 aromatic carbocycles. The van der Waals surface area contributed by atoms with Crippen LogP contribution in [0.4, 0.5) is 29.1 Å². The second-order valence-electron chi connectivity index (χ2n) is 8.32. The molecule has 196 valence electrons. The number of nitrogens with two attached hydrogens (primary N) is 2. The summed E-state index contributed by atoms with van der Waals surface area (Å²) in [6.07, 6.45) is -3.46. The van der Waals surface area contributed by atoms with Crippen LogP contribution in [0.3, 0.4) is 0 Å². The quantitative estimate of drug-likeness (QED) is 0.226. The Hall–Kier alpha value is -4.29. The Morgan fingerprint density at radius 1 is 1.00 bits per heavy atom. The molecule has 12 heteroatoms. The molecule has 5 N–H and O–H groups in total. The van der Waals surface area contributed by atoms with Crippen LogP contribution in [0.25, 0.3) is 27.5 Å². The number of allylic oxidation sites excluding steroid dienone is 1. The molecule has 4 rings (SSSR count). The molecular formula is C26H20F4N4O3S. The van der Waals surface area contributed by atoms with Crippen molar-refractivity contribution in [2.75, 3.05) is 11.1 Å². The normalized spacial score (nSPS) is 12.8. The van der Waals surface area contributed by atoms with Gasteiger partial charge in [-0.05, 0) is 59.3 Å². The van der Waals surface area contributed by atoms with Gasteiger partial charge < -0.3 is 11.1 Å². The summed E-state index contributed by atoms with van der Waals surface area (Å²) in [4.78, 5) is 16.2. The van der Waals surface area contributed by atoms with E-state index in [1.165, 1.54) is 43.5 Å². The molecule has 1 aromatic heterocycles. The lowest BCUT2D eigenvalue weighted by atomic mass is 10.0. The van der Waals surface area contributed by atoms with E-state index in [1.807, 2.05) is 5.32 Å². The third kappa shape index (κ3) is 5.36. The van der Waals surface area contributed by atoms with Crippen LogP contribution in [0.1, 0.15) is 18.1 Å². The SMILES string of the molecule is C/C(=C(\F)C(=O)Nc1ccc(-c2ccccc2S(N)(=O)=O)cc1C(F)(F)F)c1ccc2ccnc(N)c2c1. The first kappa shape index (κ1) is 26.8. The lowest BCUT2D eigenvalue weighted by Gasteiger charge is -2.16. The summed E-state index contributed by atoms with van der Waals surface area (Å²) < 4.78 is 80.7. The first-order chi connectivity index (χ1) is 17.8. The van der Waals surface area contributed by atoms with Crippen molar-refractivity contribution in [3.05, 3.63) is 89.9 Å². The third-order valence-corrected chi connectivity index (χ3v) is 6.81. The van der Waals surface area contributed by atoms with E-state index in [-0.39, 0.29) is 33.0 Å². The number of nitrogens with one attached hydrogen (secondary N) is 1. The zero-order valence-corrected chi connectivity index (χ0v) is 20.5. The summed E-state index contributed by atoms with van der Waals surface area (Å²) in [5.41, 5.74) is 3.83. The van der Waals surface area contributed by atoms with Crippen molar-refractivity contribution in [1.29, 1.82) is 0 Å². The van der Waals surface area contributed by atoms with Crippen molar-refractivity contribution in [3.8, 4) is 11.1 Å². The maximum atomic E-state index is 15.1. The van der Waals surface area contributed by atoms with Gasteiger partial charge in [0.25, 0.3) is 5.91 Å². The van der Waals surface area contributed by atoms with Crippen molar-refractivity contribution >= 4 is 43.8 Å². The molecule has 4 aromatic rings. The molecule has 1 heterocycles. The number of hydrogen-bond donors (Lipinski definition) is 3. The largest absolute Gasteiger partial charge is 0.418 e. The van der Waals surface area contributed by atoms with Crippen molar-refractivity contribution in [2.24, 2.45) is 5.14 Å². The topological polar surface area (TPSA) is 128 Å². The van der Waals surface area contributed by atoms with Crippen molar-refractivity contribution in [3.63, 3.8) is 0 Å². The number of carbonyl (C=O) groups is 1. The number of amides is 1. The van der Waals surface area contributed by atoms with Crippen LogP contribution in [-0.4, -0.2) is 19.3 Å². The van der Waals surface area contributed by atoms with Gasteiger partial charge in [0.15, 0.2) is 5.83 Å². The van der Waals surface area contributed by atoms with Crippen molar-refractivity contribution in [2.45, 2.75) is 18.0 Å². The summed E-state index contributed by atoms with van der Waals surface area (Å²) in [7, 11) is -4.24. The monoisotopic (exact) mass is 544 g/mol. The van der Waals surface area contributed by atoms with E-state index >= 15 is 4.39 Å². The molecule has 0 spiro atoms. The van der Waals surface area contributed by atoms with Crippen LogP contribution in [0.15, 0.2) is 83.6 Å². The molecule has 0 radical (unpaired) electrons. The Bertz CT molecular complexity index is 1720. The van der Waals surface area contributed by atoms with Gasteiger partial charge in [0, 0.05) is 17.1 Å². The van der Waals surface area contributed by atoms with Gasteiger partial charge in [0.05, 0.1) is 16.1 Å². The summed E-state index contributed by atoms with van der Waals surface area (Å²) >= 11 is 0. The minimum absolute atomic E-state index is 0.0645. The number of fused-ring (bicyclic) bond motifs is 1. The number of hydrogen-bond acceptors (Lipinski definition) is 5. The van der Waals surface area contributed by atoms with E-state index in [4.69, 9.17) is 10.9 Å². The first-order valence-electron chi connectivity index (χ1n) is 10.9. The number of alkyl halides is 3. The lowest BCUT2D eigenvalue weighted by Crippen LogP contribution is -2.18. The van der Waals surface area contributed by atoms with Crippen LogP contribution >= 0.6 is 0 Å². The number of anilines is 2. The highest BCUT2D eigenvalue weighted by Crippen LogP contribution is 2.39. The van der Waals surface area contributed by atoms with Crippen molar-refractivity contribution < 1.29 is 30.8 Å². The molecule has 0 atom stereocenters. The Morgan fingerprint density at radius 3 is 2.39 bits per heavy atom. The second-order valence-corrected chi connectivity index (χ2v) is 9.85. The first-order valence-corrected chi connectivity index (χ1v) is 12.5. The van der Waals surface area contributed by atoms with E-state index in [0.29, 0.717) is 11.5 Å². The van der Waals surface area contributed by atoms with Crippen molar-refractivity contribution in [1.82, 2.24) is 4.98 Å². The van der Waals surface area contributed by atoms with Crippen LogP contribution in [0, 0.1) is 0 Å². The van der Waals surface area contributed by atoms with Crippen LogP contribution < -0.4 is 16.2 Å². The minimum atomic E-state index is -4.97. The number of benzene rings is 3. The second kappa shape index (κ2) is 9.88. The minimum Gasteiger partial charge on any atom is -0.383 e. The Kier molecular flexibility index (Phi) is 6.96. The highest BCUT2D eigenvalue weighted by molar-refractivity contribution is 7.89. The molecule has 0 fully saturated rings. The lowest BCUT2D eigenvalue weighted by molar-refractivity contribution is -0.136. The van der Waals surface area contributed by atoms with E-state index in [0.717, 1.165) is 17.5 Å². The molecule has 0 aliphatic carbocycles. The Labute approximate surface area is 214 Å². The van der Waals surface area contributed by atoms with Gasteiger partial charge in [-0.25, -0.2) is 22.9 Å². The molecule has 38 heavy (non-hydrogen) atoms. The molecule has 0 saturated carbocycles.